The molecule has 0 spiro atoms. The number of likely N-dealkylation sites (tertiary alicyclic amines) is 1. The molecule has 0 radical (unpaired) electrons. The molecule has 0 aromatic carbocycles. The van der Waals surface area contributed by atoms with Crippen LogP contribution in [0.3, 0.4) is 0 Å². The fourth-order valence-corrected chi connectivity index (χ4v) is 3.47. The second-order valence-electron chi connectivity index (χ2n) is 7.51. The van der Waals surface area contributed by atoms with Crippen molar-refractivity contribution in [3.8, 4) is 0 Å². The third-order valence-corrected chi connectivity index (χ3v) is 5.21. The van der Waals surface area contributed by atoms with Crippen molar-refractivity contribution in [1.29, 1.82) is 0 Å². The van der Waals surface area contributed by atoms with Crippen molar-refractivity contribution in [2.75, 3.05) is 53.4 Å². The Balaban J connectivity index is 0.00000338. The van der Waals surface area contributed by atoms with E-state index in [1.807, 2.05) is 0 Å². The van der Waals surface area contributed by atoms with E-state index in [1.54, 1.807) is 19.0 Å². The number of hydrogen-bond acceptors (Lipinski definition) is 4. The van der Waals surface area contributed by atoms with Crippen molar-refractivity contribution in [2.45, 2.75) is 51.2 Å². The number of hydrogen-bond donors (Lipinski definition) is 2. The summed E-state index contributed by atoms with van der Waals surface area (Å²) in [5.41, 5.74) is -0.142. The Bertz CT molecular complexity index is 466. The minimum absolute atomic E-state index is 0. The SMILES string of the molecule is CCN1CCCC1CNC(=NCC(=O)N(C)C)NCC1(C)CCCO1.I. The van der Waals surface area contributed by atoms with Crippen molar-refractivity contribution in [3.05, 3.63) is 0 Å². The summed E-state index contributed by atoms with van der Waals surface area (Å²) in [6.45, 7) is 9.13. The van der Waals surface area contributed by atoms with Crippen LogP contribution in [0.25, 0.3) is 0 Å². The van der Waals surface area contributed by atoms with E-state index < -0.39 is 0 Å². The van der Waals surface area contributed by atoms with Crippen LogP contribution in [-0.2, 0) is 9.53 Å². The maximum absolute atomic E-state index is 11.9. The topological polar surface area (TPSA) is 69.2 Å². The van der Waals surface area contributed by atoms with Crippen LogP contribution in [0.15, 0.2) is 4.99 Å². The third kappa shape index (κ3) is 7.19. The molecule has 2 aliphatic rings. The van der Waals surface area contributed by atoms with Crippen LogP contribution in [0.2, 0.25) is 0 Å². The maximum atomic E-state index is 11.9. The first-order valence-corrected chi connectivity index (χ1v) is 9.54. The maximum Gasteiger partial charge on any atom is 0.243 e. The van der Waals surface area contributed by atoms with Crippen LogP contribution >= 0.6 is 24.0 Å². The van der Waals surface area contributed by atoms with Crippen molar-refractivity contribution < 1.29 is 9.53 Å². The lowest BCUT2D eigenvalue weighted by Gasteiger charge is -2.27. The zero-order chi connectivity index (χ0) is 18.3. The average Bonchev–Trinajstić information content (AvgIpc) is 3.22. The monoisotopic (exact) mass is 481 g/mol. The summed E-state index contributed by atoms with van der Waals surface area (Å²) in [6, 6.07) is 0.542. The van der Waals surface area contributed by atoms with Crippen LogP contribution in [0.1, 0.15) is 39.5 Å². The molecule has 0 saturated carbocycles. The van der Waals surface area contributed by atoms with E-state index in [2.05, 4.69) is 34.4 Å². The molecule has 2 rings (SSSR count). The predicted molar refractivity (Wildman–Crippen MR) is 116 cm³/mol. The van der Waals surface area contributed by atoms with E-state index in [1.165, 1.54) is 19.4 Å². The number of aliphatic imine (C=N–C) groups is 1. The first-order chi connectivity index (χ1) is 11.9. The zero-order valence-corrected chi connectivity index (χ0v) is 19.0. The number of nitrogens with one attached hydrogen (secondary N) is 2. The van der Waals surface area contributed by atoms with Crippen LogP contribution in [0.4, 0.5) is 0 Å². The van der Waals surface area contributed by atoms with E-state index in [0.29, 0.717) is 18.5 Å². The molecule has 0 aromatic heterocycles. The highest BCUT2D eigenvalue weighted by Crippen LogP contribution is 2.23. The lowest BCUT2D eigenvalue weighted by Crippen LogP contribution is -2.49. The Kier molecular flexibility index (Phi) is 10.2. The predicted octanol–water partition coefficient (Wildman–Crippen LogP) is 1.28. The van der Waals surface area contributed by atoms with Gasteiger partial charge in [0.2, 0.25) is 5.91 Å². The molecular formula is C18H36IN5O2. The van der Waals surface area contributed by atoms with Gasteiger partial charge in [-0.1, -0.05) is 6.92 Å². The molecule has 2 aliphatic heterocycles. The minimum Gasteiger partial charge on any atom is -0.373 e. The molecule has 2 saturated heterocycles. The smallest absolute Gasteiger partial charge is 0.243 e. The summed E-state index contributed by atoms with van der Waals surface area (Å²) in [5.74, 6) is 0.704. The largest absolute Gasteiger partial charge is 0.373 e. The Morgan fingerprint density at radius 2 is 2.12 bits per heavy atom. The molecule has 0 bridgehead atoms. The van der Waals surface area contributed by atoms with E-state index in [0.717, 1.165) is 32.5 Å². The molecule has 2 fully saturated rings. The van der Waals surface area contributed by atoms with Gasteiger partial charge in [-0.05, 0) is 45.7 Å². The van der Waals surface area contributed by atoms with Crippen molar-refractivity contribution in [1.82, 2.24) is 20.4 Å². The van der Waals surface area contributed by atoms with Gasteiger partial charge in [-0.15, -0.1) is 24.0 Å². The molecule has 0 aromatic rings. The number of nitrogens with zero attached hydrogens (tertiary/aromatic N) is 3. The lowest BCUT2D eigenvalue weighted by atomic mass is 10.0. The number of carbonyl (C=O) groups excluding carboxylic acids is 1. The third-order valence-electron chi connectivity index (χ3n) is 5.21. The van der Waals surface area contributed by atoms with Gasteiger partial charge in [0.05, 0.1) is 5.60 Å². The lowest BCUT2D eigenvalue weighted by molar-refractivity contribution is -0.127. The highest BCUT2D eigenvalue weighted by molar-refractivity contribution is 14.0. The molecule has 2 unspecified atom stereocenters. The number of ether oxygens (including phenoxy) is 1. The van der Waals surface area contributed by atoms with Crippen LogP contribution < -0.4 is 10.6 Å². The standard InChI is InChI=1S/C18H35N5O2.HI/c1-5-23-10-6-8-15(23)12-19-17(20-13-16(24)22(3)4)21-14-18(2)9-7-11-25-18;/h15H,5-14H2,1-4H3,(H2,19,20,21);1H. The van der Waals surface area contributed by atoms with Gasteiger partial charge in [-0.2, -0.15) is 0 Å². The molecule has 0 aliphatic carbocycles. The molecule has 152 valence electrons. The fourth-order valence-electron chi connectivity index (χ4n) is 3.47. The van der Waals surface area contributed by atoms with Gasteiger partial charge in [0.1, 0.15) is 6.54 Å². The second kappa shape index (κ2) is 11.3. The minimum atomic E-state index is -0.142. The fraction of sp³-hybridized carbons (Fsp3) is 0.889. The Morgan fingerprint density at radius 3 is 2.73 bits per heavy atom. The number of halogens is 1. The van der Waals surface area contributed by atoms with E-state index in [9.17, 15) is 4.79 Å². The van der Waals surface area contributed by atoms with E-state index >= 15 is 0 Å². The molecule has 2 N–H and O–H groups in total. The number of rotatable bonds is 7. The second-order valence-corrected chi connectivity index (χ2v) is 7.51. The Labute approximate surface area is 175 Å². The first-order valence-electron chi connectivity index (χ1n) is 9.54. The van der Waals surface area contributed by atoms with Crippen LogP contribution in [-0.4, -0.2) is 86.7 Å². The van der Waals surface area contributed by atoms with Crippen molar-refractivity contribution in [2.24, 2.45) is 4.99 Å². The normalized spacial score (nSPS) is 26.5. The Morgan fingerprint density at radius 1 is 1.35 bits per heavy atom. The molecule has 2 atom stereocenters. The van der Waals surface area contributed by atoms with E-state index in [4.69, 9.17) is 4.74 Å². The first kappa shape index (κ1) is 23.4. The van der Waals surface area contributed by atoms with Gasteiger partial charge >= 0.3 is 0 Å². The molecule has 7 nitrogen and oxygen atoms in total. The molecule has 2 heterocycles. The summed E-state index contributed by atoms with van der Waals surface area (Å²) in [6.07, 6.45) is 4.62. The van der Waals surface area contributed by atoms with Gasteiger partial charge in [0.15, 0.2) is 5.96 Å². The summed E-state index contributed by atoms with van der Waals surface area (Å²) in [5, 5.41) is 6.81. The summed E-state index contributed by atoms with van der Waals surface area (Å²) >= 11 is 0. The Hall–Kier alpha value is -0.610. The van der Waals surface area contributed by atoms with Crippen molar-refractivity contribution >= 4 is 35.8 Å². The number of carbonyl (C=O) groups is 1. The van der Waals surface area contributed by atoms with Gasteiger partial charge in [0, 0.05) is 39.8 Å². The molecule has 8 heteroatoms. The highest BCUT2D eigenvalue weighted by Gasteiger charge is 2.30. The summed E-state index contributed by atoms with van der Waals surface area (Å²) < 4.78 is 5.84. The highest BCUT2D eigenvalue weighted by atomic mass is 127. The number of guanidine groups is 1. The van der Waals surface area contributed by atoms with Gasteiger partial charge < -0.3 is 20.3 Å². The summed E-state index contributed by atoms with van der Waals surface area (Å²) in [4.78, 5) is 20.4. The average molecular weight is 481 g/mol. The van der Waals surface area contributed by atoms with Crippen LogP contribution in [0.5, 0.6) is 0 Å². The van der Waals surface area contributed by atoms with Crippen LogP contribution in [0, 0.1) is 0 Å². The quantitative estimate of drug-likeness (QED) is 0.326. The zero-order valence-electron chi connectivity index (χ0n) is 16.7. The molecule has 1 amide bonds. The van der Waals surface area contributed by atoms with E-state index in [-0.39, 0.29) is 42.0 Å². The van der Waals surface area contributed by atoms with Crippen molar-refractivity contribution in [3.63, 3.8) is 0 Å². The van der Waals surface area contributed by atoms with Gasteiger partial charge in [0.25, 0.3) is 0 Å². The van der Waals surface area contributed by atoms with Gasteiger partial charge in [-0.3, -0.25) is 9.69 Å². The number of likely N-dealkylation sites (N-methyl/N-ethyl adjacent to an activating group) is 2. The molecular weight excluding hydrogens is 445 g/mol. The molecule has 26 heavy (non-hydrogen) atoms. The van der Waals surface area contributed by atoms with Gasteiger partial charge in [-0.25, -0.2) is 4.99 Å². The summed E-state index contributed by atoms with van der Waals surface area (Å²) in [7, 11) is 3.51. The number of amides is 1.